The number of nitrogens with two attached hydrogens (primary N) is 1. The van der Waals surface area contributed by atoms with E-state index in [2.05, 4.69) is 36.7 Å². The monoisotopic (exact) mass is 261 g/mol. The first-order chi connectivity index (χ1) is 9.11. The van der Waals surface area contributed by atoms with Gasteiger partial charge < -0.3 is 10.6 Å². The lowest BCUT2D eigenvalue weighted by molar-refractivity contribution is 0.322. The third-order valence-electron chi connectivity index (χ3n) is 4.51. The molecule has 3 unspecified atom stereocenters. The van der Waals surface area contributed by atoms with Crippen molar-refractivity contribution in [2.45, 2.75) is 46.1 Å². The van der Waals surface area contributed by atoms with Crippen molar-refractivity contribution in [1.29, 1.82) is 0 Å². The van der Waals surface area contributed by atoms with Crippen molar-refractivity contribution in [3.8, 4) is 0 Å². The lowest BCUT2D eigenvalue weighted by atomic mass is 9.88. The second-order valence-electron chi connectivity index (χ2n) is 6.05. The number of aromatic nitrogens is 1. The molecule has 0 amide bonds. The van der Waals surface area contributed by atoms with Crippen LogP contribution in [-0.4, -0.2) is 24.1 Å². The lowest BCUT2D eigenvalue weighted by Gasteiger charge is -2.37. The molecule has 0 saturated carbocycles. The van der Waals surface area contributed by atoms with E-state index in [1.807, 2.05) is 12.3 Å². The van der Waals surface area contributed by atoms with Gasteiger partial charge in [-0.1, -0.05) is 26.8 Å². The third kappa shape index (κ3) is 3.47. The SMILES string of the molecule is CCC(N)Cc1cccnc1N1CCC(C)C(C)C1. The highest BCUT2D eigenvalue weighted by Gasteiger charge is 2.24. The first-order valence-electron chi connectivity index (χ1n) is 7.56. The Morgan fingerprint density at radius 3 is 2.89 bits per heavy atom. The van der Waals surface area contributed by atoms with Crippen molar-refractivity contribution in [3.05, 3.63) is 23.9 Å². The Balaban J connectivity index is 2.15. The Labute approximate surface area is 117 Å². The average molecular weight is 261 g/mol. The van der Waals surface area contributed by atoms with Crippen molar-refractivity contribution >= 4 is 5.82 Å². The molecule has 106 valence electrons. The fourth-order valence-electron chi connectivity index (χ4n) is 2.76. The Hall–Kier alpha value is -1.09. The van der Waals surface area contributed by atoms with Crippen LogP contribution in [0.25, 0.3) is 0 Å². The molecule has 1 aromatic rings. The summed E-state index contributed by atoms with van der Waals surface area (Å²) in [6, 6.07) is 4.45. The van der Waals surface area contributed by atoms with Crippen LogP contribution in [0.2, 0.25) is 0 Å². The second kappa shape index (κ2) is 6.38. The zero-order chi connectivity index (χ0) is 13.8. The number of rotatable bonds is 4. The molecule has 1 fully saturated rings. The number of hydrogen-bond acceptors (Lipinski definition) is 3. The first kappa shape index (κ1) is 14.3. The Bertz CT molecular complexity index is 405. The van der Waals surface area contributed by atoms with Crippen molar-refractivity contribution in [2.24, 2.45) is 17.6 Å². The number of hydrogen-bond donors (Lipinski definition) is 1. The molecule has 2 heterocycles. The molecule has 0 aliphatic carbocycles. The molecule has 1 aromatic heterocycles. The average Bonchev–Trinajstić information content (AvgIpc) is 2.42. The quantitative estimate of drug-likeness (QED) is 0.906. The van der Waals surface area contributed by atoms with E-state index in [4.69, 9.17) is 5.73 Å². The summed E-state index contributed by atoms with van der Waals surface area (Å²) in [6.45, 7) is 9.08. The highest BCUT2D eigenvalue weighted by atomic mass is 15.2. The molecule has 2 N–H and O–H groups in total. The Morgan fingerprint density at radius 2 is 2.21 bits per heavy atom. The van der Waals surface area contributed by atoms with Crippen molar-refractivity contribution in [2.75, 3.05) is 18.0 Å². The summed E-state index contributed by atoms with van der Waals surface area (Å²) in [4.78, 5) is 7.07. The van der Waals surface area contributed by atoms with E-state index in [9.17, 15) is 0 Å². The summed E-state index contributed by atoms with van der Waals surface area (Å²) in [7, 11) is 0. The standard InChI is InChI=1S/C16H27N3/c1-4-15(17)10-14-6-5-8-18-16(14)19-9-7-12(2)13(3)11-19/h5-6,8,12-13,15H,4,7,9-11,17H2,1-3H3. The van der Waals surface area contributed by atoms with E-state index in [1.54, 1.807) is 0 Å². The molecular formula is C16H27N3. The topological polar surface area (TPSA) is 42.1 Å². The van der Waals surface area contributed by atoms with Crippen LogP contribution in [0.4, 0.5) is 5.82 Å². The molecule has 3 nitrogen and oxygen atoms in total. The van der Waals surface area contributed by atoms with Gasteiger partial charge >= 0.3 is 0 Å². The minimum atomic E-state index is 0.240. The predicted molar refractivity (Wildman–Crippen MR) is 81.4 cm³/mol. The number of pyridine rings is 1. The van der Waals surface area contributed by atoms with Crippen LogP contribution in [0.3, 0.4) is 0 Å². The third-order valence-corrected chi connectivity index (χ3v) is 4.51. The maximum absolute atomic E-state index is 6.11. The lowest BCUT2D eigenvalue weighted by Crippen LogP contribution is -2.39. The van der Waals surface area contributed by atoms with Gasteiger partial charge in [-0.15, -0.1) is 0 Å². The minimum Gasteiger partial charge on any atom is -0.356 e. The smallest absolute Gasteiger partial charge is 0.131 e. The normalized spacial score (nSPS) is 25.4. The van der Waals surface area contributed by atoms with Gasteiger partial charge in [-0.2, -0.15) is 0 Å². The van der Waals surface area contributed by atoms with Crippen LogP contribution in [0, 0.1) is 11.8 Å². The molecule has 19 heavy (non-hydrogen) atoms. The predicted octanol–water partition coefficient (Wildman–Crippen LogP) is 2.84. The van der Waals surface area contributed by atoms with Gasteiger partial charge in [0.2, 0.25) is 0 Å². The van der Waals surface area contributed by atoms with Crippen LogP contribution >= 0.6 is 0 Å². The van der Waals surface area contributed by atoms with Crippen LogP contribution in [0.5, 0.6) is 0 Å². The summed E-state index contributed by atoms with van der Waals surface area (Å²) in [5, 5.41) is 0. The maximum atomic E-state index is 6.11. The summed E-state index contributed by atoms with van der Waals surface area (Å²) in [6.07, 6.45) is 5.11. The summed E-state index contributed by atoms with van der Waals surface area (Å²) >= 11 is 0. The van der Waals surface area contributed by atoms with Crippen LogP contribution < -0.4 is 10.6 Å². The van der Waals surface area contributed by atoms with E-state index in [0.717, 1.165) is 43.6 Å². The Morgan fingerprint density at radius 1 is 1.42 bits per heavy atom. The molecule has 0 radical (unpaired) electrons. The van der Waals surface area contributed by atoms with Crippen LogP contribution in [0.15, 0.2) is 18.3 Å². The van der Waals surface area contributed by atoms with Gasteiger partial charge in [0.15, 0.2) is 0 Å². The molecule has 0 spiro atoms. The van der Waals surface area contributed by atoms with E-state index < -0.39 is 0 Å². The van der Waals surface area contributed by atoms with Gasteiger partial charge in [-0.3, -0.25) is 0 Å². The summed E-state index contributed by atoms with van der Waals surface area (Å²) in [5.41, 5.74) is 7.41. The molecule has 0 bridgehead atoms. The molecular weight excluding hydrogens is 234 g/mol. The highest BCUT2D eigenvalue weighted by molar-refractivity contribution is 5.47. The largest absolute Gasteiger partial charge is 0.356 e. The molecule has 3 heteroatoms. The molecule has 2 rings (SSSR count). The van der Waals surface area contributed by atoms with Crippen molar-refractivity contribution < 1.29 is 0 Å². The van der Waals surface area contributed by atoms with E-state index in [0.29, 0.717) is 0 Å². The van der Waals surface area contributed by atoms with Crippen LogP contribution in [-0.2, 0) is 6.42 Å². The van der Waals surface area contributed by atoms with Gasteiger partial charge in [-0.05, 0) is 42.7 Å². The van der Waals surface area contributed by atoms with E-state index in [-0.39, 0.29) is 6.04 Å². The first-order valence-corrected chi connectivity index (χ1v) is 7.56. The van der Waals surface area contributed by atoms with Crippen molar-refractivity contribution in [3.63, 3.8) is 0 Å². The van der Waals surface area contributed by atoms with Gasteiger partial charge in [0.05, 0.1) is 0 Å². The highest BCUT2D eigenvalue weighted by Crippen LogP contribution is 2.28. The zero-order valence-corrected chi connectivity index (χ0v) is 12.5. The fourth-order valence-corrected chi connectivity index (χ4v) is 2.76. The van der Waals surface area contributed by atoms with Gasteiger partial charge in [-0.25, -0.2) is 4.98 Å². The van der Waals surface area contributed by atoms with Gasteiger partial charge in [0.1, 0.15) is 5.82 Å². The summed E-state index contributed by atoms with van der Waals surface area (Å²) in [5.74, 6) is 2.72. The van der Waals surface area contributed by atoms with Gasteiger partial charge in [0, 0.05) is 25.3 Å². The molecule has 1 aliphatic rings. The van der Waals surface area contributed by atoms with E-state index >= 15 is 0 Å². The van der Waals surface area contributed by atoms with E-state index in [1.165, 1.54) is 12.0 Å². The van der Waals surface area contributed by atoms with Gasteiger partial charge in [0.25, 0.3) is 0 Å². The Kier molecular flexibility index (Phi) is 4.81. The molecule has 1 saturated heterocycles. The van der Waals surface area contributed by atoms with Crippen molar-refractivity contribution in [1.82, 2.24) is 4.98 Å². The number of anilines is 1. The molecule has 1 aliphatic heterocycles. The summed E-state index contributed by atoms with van der Waals surface area (Å²) < 4.78 is 0. The molecule has 0 aromatic carbocycles. The number of piperidine rings is 1. The fraction of sp³-hybridized carbons (Fsp3) is 0.688. The van der Waals surface area contributed by atoms with Crippen LogP contribution in [0.1, 0.15) is 39.2 Å². The zero-order valence-electron chi connectivity index (χ0n) is 12.5. The second-order valence-corrected chi connectivity index (χ2v) is 6.05. The number of nitrogens with zero attached hydrogens (tertiary/aromatic N) is 2. The maximum Gasteiger partial charge on any atom is 0.131 e. The molecule has 3 atom stereocenters. The minimum absolute atomic E-state index is 0.240.